The van der Waals surface area contributed by atoms with Crippen LogP contribution < -0.4 is 10.6 Å². The lowest BCUT2D eigenvalue weighted by Gasteiger charge is -2.30. The molecule has 39 heavy (non-hydrogen) atoms. The quantitative estimate of drug-likeness (QED) is 0.327. The molecule has 1 aliphatic rings. The number of nitrogens with one attached hydrogen (secondary N) is 2. The summed E-state index contributed by atoms with van der Waals surface area (Å²) < 4.78 is 0. The van der Waals surface area contributed by atoms with Gasteiger partial charge in [-0.25, -0.2) is 0 Å². The fraction of sp³-hybridized carbons (Fsp3) is 0.300. The number of nitrogens with zero attached hydrogens (tertiary/aromatic N) is 1. The van der Waals surface area contributed by atoms with Gasteiger partial charge in [-0.15, -0.1) is 11.8 Å². The third-order valence-corrected chi connectivity index (χ3v) is 7.87. The first-order valence-electron chi connectivity index (χ1n) is 12.8. The van der Waals surface area contributed by atoms with E-state index in [2.05, 4.69) is 10.6 Å². The SMILES string of the molecule is Cc1ccc(CNC(=O)[C@@H]2CSCN2C(=O)[C@@H](O)[C@H](Cc2ccccc2)NC(=O)c2cccc(O)c2C)cc1. The zero-order valence-electron chi connectivity index (χ0n) is 22.0. The van der Waals surface area contributed by atoms with Crippen LogP contribution in [0.25, 0.3) is 0 Å². The Labute approximate surface area is 232 Å². The minimum atomic E-state index is -1.59. The van der Waals surface area contributed by atoms with Gasteiger partial charge in [0.15, 0.2) is 6.10 Å². The van der Waals surface area contributed by atoms with E-state index in [1.165, 1.54) is 22.7 Å². The molecule has 1 heterocycles. The number of phenols is 1. The van der Waals surface area contributed by atoms with Crippen LogP contribution in [0, 0.1) is 13.8 Å². The molecule has 4 N–H and O–H groups in total. The number of benzene rings is 3. The summed E-state index contributed by atoms with van der Waals surface area (Å²) in [6.07, 6.45) is -1.39. The van der Waals surface area contributed by atoms with Crippen LogP contribution in [0.5, 0.6) is 5.75 Å². The Morgan fingerprint density at radius 3 is 2.41 bits per heavy atom. The molecule has 0 unspecified atom stereocenters. The smallest absolute Gasteiger partial charge is 0.254 e. The summed E-state index contributed by atoms with van der Waals surface area (Å²) in [5, 5.41) is 27.0. The molecule has 9 heteroatoms. The standard InChI is InChI=1S/C30H33N3O5S/c1-19-11-13-22(14-12-19)16-31-29(37)25-17-39-18-33(25)30(38)27(35)24(15-21-7-4-3-5-8-21)32-28(36)23-9-6-10-26(34)20(23)2/h3-14,24-25,27,34-35H,15-18H2,1-2H3,(H,31,37)(H,32,36)/t24-,25-,27-/m0/s1. The number of aromatic hydroxyl groups is 1. The van der Waals surface area contributed by atoms with Crippen molar-refractivity contribution in [1.82, 2.24) is 15.5 Å². The molecule has 0 bridgehead atoms. The molecule has 3 aromatic rings. The highest BCUT2D eigenvalue weighted by atomic mass is 32.2. The number of amides is 3. The minimum Gasteiger partial charge on any atom is -0.508 e. The van der Waals surface area contributed by atoms with E-state index in [4.69, 9.17) is 0 Å². The molecule has 0 radical (unpaired) electrons. The summed E-state index contributed by atoms with van der Waals surface area (Å²) in [6.45, 7) is 3.95. The number of thioether (sulfide) groups is 1. The van der Waals surface area contributed by atoms with Crippen molar-refractivity contribution >= 4 is 29.5 Å². The first-order valence-corrected chi connectivity index (χ1v) is 13.9. The molecule has 204 valence electrons. The molecule has 4 rings (SSSR count). The molecule has 3 atom stereocenters. The van der Waals surface area contributed by atoms with Gasteiger partial charge in [-0.05, 0) is 43.5 Å². The highest BCUT2D eigenvalue weighted by Crippen LogP contribution is 2.24. The summed E-state index contributed by atoms with van der Waals surface area (Å²) >= 11 is 1.44. The number of aliphatic hydroxyl groups excluding tert-OH is 1. The summed E-state index contributed by atoms with van der Waals surface area (Å²) in [4.78, 5) is 41.1. The van der Waals surface area contributed by atoms with Crippen molar-refractivity contribution in [2.45, 2.75) is 45.0 Å². The zero-order chi connectivity index (χ0) is 27.9. The highest BCUT2D eigenvalue weighted by Gasteiger charge is 2.40. The van der Waals surface area contributed by atoms with Crippen molar-refractivity contribution in [3.63, 3.8) is 0 Å². The molecule has 3 aromatic carbocycles. The fourth-order valence-electron chi connectivity index (χ4n) is 4.46. The predicted molar refractivity (Wildman–Crippen MR) is 151 cm³/mol. The summed E-state index contributed by atoms with van der Waals surface area (Å²) in [5.74, 6) is -0.775. The van der Waals surface area contributed by atoms with E-state index < -0.39 is 30.0 Å². The lowest BCUT2D eigenvalue weighted by atomic mass is 9.98. The third-order valence-electron chi connectivity index (χ3n) is 6.85. The van der Waals surface area contributed by atoms with Crippen molar-refractivity contribution in [2.75, 3.05) is 11.6 Å². The number of phenolic OH excluding ortho intramolecular Hbond substituents is 1. The first kappa shape index (κ1) is 28.2. The van der Waals surface area contributed by atoms with E-state index in [0.29, 0.717) is 17.9 Å². The molecule has 0 aliphatic carbocycles. The number of aliphatic hydroxyl groups is 1. The summed E-state index contributed by atoms with van der Waals surface area (Å²) in [7, 11) is 0. The number of carbonyl (C=O) groups is 3. The Kier molecular flexibility index (Phi) is 9.27. The van der Waals surface area contributed by atoms with Gasteiger partial charge < -0.3 is 25.7 Å². The second-order valence-corrected chi connectivity index (χ2v) is 10.7. The van der Waals surface area contributed by atoms with Gasteiger partial charge in [0.1, 0.15) is 11.8 Å². The minimum absolute atomic E-state index is 0.0209. The van der Waals surface area contributed by atoms with Crippen molar-refractivity contribution in [1.29, 1.82) is 0 Å². The molecule has 0 spiro atoms. The number of rotatable bonds is 9. The van der Waals surface area contributed by atoms with Crippen molar-refractivity contribution < 1.29 is 24.6 Å². The topological polar surface area (TPSA) is 119 Å². The number of carbonyl (C=O) groups excluding carboxylic acids is 3. The Bertz CT molecular complexity index is 1320. The monoisotopic (exact) mass is 547 g/mol. The molecule has 1 fully saturated rings. The normalized spacial score (nSPS) is 16.4. The third kappa shape index (κ3) is 6.99. The number of hydrogen-bond acceptors (Lipinski definition) is 6. The van der Waals surface area contributed by atoms with Gasteiger partial charge in [-0.3, -0.25) is 14.4 Å². The Morgan fingerprint density at radius 1 is 0.974 bits per heavy atom. The van der Waals surface area contributed by atoms with Crippen LogP contribution in [-0.2, 0) is 22.6 Å². The molecular weight excluding hydrogens is 514 g/mol. The Balaban J connectivity index is 1.49. The van der Waals surface area contributed by atoms with Crippen LogP contribution in [0.3, 0.4) is 0 Å². The Morgan fingerprint density at radius 2 is 1.69 bits per heavy atom. The zero-order valence-corrected chi connectivity index (χ0v) is 22.8. The maximum absolute atomic E-state index is 13.5. The van der Waals surface area contributed by atoms with Crippen LogP contribution in [0.2, 0.25) is 0 Å². The summed E-state index contributed by atoms with van der Waals surface area (Å²) in [6, 6.07) is 20.0. The van der Waals surface area contributed by atoms with Crippen LogP contribution in [-0.4, -0.2) is 62.7 Å². The Hall–Kier alpha value is -3.82. The second-order valence-electron chi connectivity index (χ2n) is 9.69. The van der Waals surface area contributed by atoms with Crippen LogP contribution in [0.15, 0.2) is 72.8 Å². The van der Waals surface area contributed by atoms with E-state index >= 15 is 0 Å². The molecule has 1 aliphatic heterocycles. The van der Waals surface area contributed by atoms with Gasteiger partial charge in [-0.1, -0.05) is 66.2 Å². The van der Waals surface area contributed by atoms with Crippen LogP contribution in [0.4, 0.5) is 0 Å². The van der Waals surface area contributed by atoms with Gasteiger partial charge in [-0.2, -0.15) is 0 Å². The molecule has 3 amide bonds. The van der Waals surface area contributed by atoms with Crippen LogP contribution >= 0.6 is 11.8 Å². The van der Waals surface area contributed by atoms with Crippen molar-refractivity contribution in [3.8, 4) is 5.75 Å². The molecule has 0 saturated carbocycles. The maximum Gasteiger partial charge on any atom is 0.254 e. The number of aryl methyl sites for hydroxylation is 1. The summed E-state index contributed by atoms with van der Waals surface area (Å²) in [5.41, 5.74) is 3.54. The number of hydrogen-bond donors (Lipinski definition) is 4. The van der Waals surface area contributed by atoms with Crippen LogP contribution in [0.1, 0.15) is 32.6 Å². The van der Waals surface area contributed by atoms with Gasteiger partial charge in [0.05, 0.1) is 11.9 Å². The van der Waals surface area contributed by atoms with Gasteiger partial charge in [0.2, 0.25) is 5.91 Å². The molecular formula is C30H33N3O5S. The van der Waals surface area contributed by atoms with E-state index in [9.17, 15) is 24.6 Å². The maximum atomic E-state index is 13.5. The van der Waals surface area contributed by atoms with E-state index in [1.54, 1.807) is 19.1 Å². The van der Waals surface area contributed by atoms with Crippen molar-refractivity contribution in [3.05, 3.63) is 101 Å². The predicted octanol–water partition coefficient (Wildman–Crippen LogP) is 2.93. The van der Waals surface area contributed by atoms with E-state index in [0.717, 1.165) is 16.7 Å². The lowest BCUT2D eigenvalue weighted by Crippen LogP contribution is -2.56. The van der Waals surface area contributed by atoms with Gasteiger partial charge >= 0.3 is 0 Å². The molecule has 0 aromatic heterocycles. The van der Waals surface area contributed by atoms with Crippen molar-refractivity contribution in [2.24, 2.45) is 0 Å². The second kappa shape index (κ2) is 12.8. The van der Waals surface area contributed by atoms with E-state index in [-0.39, 0.29) is 29.5 Å². The first-order chi connectivity index (χ1) is 18.7. The highest BCUT2D eigenvalue weighted by molar-refractivity contribution is 7.99. The molecule has 8 nitrogen and oxygen atoms in total. The van der Waals surface area contributed by atoms with E-state index in [1.807, 2.05) is 61.5 Å². The lowest BCUT2D eigenvalue weighted by molar-refractivity contribution is -0.146. The average molecular weight is 548 g/mol. The average Bonchev–Trinajstić information content (AvgIpc) is 3.43. The fourth-order valence-corrected chi connectivity index (χ4v) is 5.62. The van der Waals surface area contributed by atoms with Gasteiger partial charge in [0.25, 0.3) is 11.8 Å². The van der Waals surface area contributed by atoms with Gasteiger partial charge in [0, 0.05) is 23.4 Å². The molecule has 1 saturated heterocycles. The largest absolute Gasteiger partial charge is 0.508 e.